The highest BCUT2D eigenvalue weighted by molar-refractivity contribution is 5.65. The monoisotopic (exact) mass is 376 g/mol. The molecule has 144 valence electrons. The molecule has 2 aliphatic carbocycles. The van der Waals surface area contributed by atoms with Crippen LogP contribution in [0.5, 0.6) is 0 Å². The standard InChI is InChI=1S/C23H24F4/c1-13-2-3-15-7-16(5-4-14(15)6-13)17-10-21(26)23(22(27)11-17)18-8-19(24)12-20(25)9-18/h8-16H,2-7H2,1H3/t13?,14-,15-,16-/m1/s1. The fourth-order valence-corrected chi connectivity index (χ4v) is 5.23. The third kappa shape index (κ3) is 3.76. The summed E-state index contributed by atoms with van der Waals surface area (Å²) < 4.78 is 56.3. The minimum Gasteiger partial charge on any atom is -0.207 e. The van der Waals surface area contributed by atoms with E-state index in [0.29, 0.717) is 17.5 Å². The van der Waals surface area contributed by atoms with Crippen molar-refractivity contribution in [3.63, 3.8) is 0 Å². The molecule has 0 nitrogen and oxygen atoms in total. The molecule has 0 N–H and O–H groups in total. The number of fused-ring (bicyclic) bond motifs is 1. The highest BCUT2D eigenvalue weighted by atomic mass is 19.1. The molecule has 1 unspecified atom stereocenters. The van der Waals surface area contributed by atoms with E-state index >= 15 is 0 Å². The molecule has 2 saturated carbocycles. The van der Waals surface area contributed by atoms with Crippen molar-refractivity contribution in [3.8, 4) is 11.1 Å². The maximum atomic E-state index is 14.7. The van der Waals surface area contributed by atoms with Gasteiger partial charge in [-0.05, 0) is 91.2 Å². The lowest BCUT2D eigenvalue weighted by Gasteiger charge is -2.41. The van der Waals surface area contributed by atoms with E-state index in [9.17, 15) is 17.6 Å². The fourth-order valence-electron chi connectivity index (χ4n) is 5.23. The molecule has 0 aromatic heterocycles. The number of benzene rings is 2. The van der Waals surface area contributed by atoms with Crippen LogP contribution in [0.25, 0.3) is 11.1 Å². The van der Waals surface area contributed by atoms with Gasteiger partial charge in [0.2, 0.25) is 0 Å². The molecule has 27 heavy (non-hydrogen) atoms. The third-order valence-electron chi connectivity index (χ3n) is 6.56. The maximum Gasteiger partial charge on any atom is 0.134 e. The van der Waals surface area contributed by atoms with Crippen molar-refractivity contribution in [2.45, 2.75) is 51.4 Å². The van der Waals surface area contributed by atoms with E-state index in [4.69, 9.17) is 0 Å². The highest BCUT2D eigenvalue weighted by Crippen LogP contribution is 2.48. The summed E-state index contributed by atoms with van der Waals surface area (Å²) >= 11 is 0. The maximum absolute atomic E-state index is 14.7. The summed E-state index contributed by atoms with van der Waals surface area (Å²) in [6.07, 6.45) is 6.74. The van der Waals surface area contributed by atoms with Crippen molar-refractivity contribution in [1.29, 1.82) is 0 Å². The zero-order valence-corrected chi connectivity index (χ0v) is 15.5. The van der Waals surface area contributed by atoms with E-state index in [1.807, 2.05) is 0 Å². The lowest BCUT2D eigenvalue weighted by Crippen LogP contribution is -2.29. The summed E-state index contributed by atoms with van der Waals surface area (Å²) in [5.74, 6) is -0.887. The summed E-state index contributed by atoms with van der Waals surface area (Å²) in [6, 6.07) is 5.32. The van der Waals surface area contributed by atoms with Crippen LogP contribution in [0.3, 0.4) is 0 Å². The van der Waals surface area contributed by atoms with Crippen molar-refractivity contribution in [3.05, 3.63) is 59.2 Å². The molecule has 2 aliphatic rings. The molecule has 0 spiro atoms. The zero-order valence-electron chi connectivity index (χ0n) is 15.5. The van der Waals surface area contributed by atoms with Gasteiger partial charge < -0.3 is 0 Å². The molecule has 2 aromatic carbocycles. The Hall–Kier alpha value is -1.84. The first-order chi connectivity index (χ1) is 12.9. The first-order valence-electron chi connectivity index (χ1n) is 9.86. The molecule has 0 heterocycles. The quantitative estimate of drug-likeness (QED) is 0.485. The lowest BCUT2D eigenvalue weighted by atomic mass is 9.64. The minimum atomic E-state index is -0.849. The average molecular weight is 376 g/mol. The molecule has 2 fully saturated rings. The summed E-state index contributed by atoms with van der Waals surface area (Å²) in [5, 5.41) is 0. The molecule has 0 aliphatic heterocycles. The molecule has 0 amide bonds. The van der Waals surface area contributed by atoms with Crippen LogP contribution in [0.4, 0.5) is 17.6 Å². The highest BCUT2D eigenvalue weighted by Gasteiger charge is 2.35. The van der Waals surface area contributed by atoms with Gasteiger partial charge >= 0.3 is 0 Å². The van der Waals surface area contributed by atoms with Gasteiger partial charge in [0, 0.05) is 6.07 Å². The average Bonchev–Trinajstić information content (AvgIpc) is 2.59. The lowest BCUT2D eigenvalue weighted by molar-refractivity contribution is 0.124. The second-order valence-electron chi connectivity index (χ2n) is 8.47. The Bertz CT molecular complexity index is 801. The molecule has 2 aromatic rings. The van der Waals surface area contributed by atoms with Gasteiger partial charge in [-0.2, -0.15) is 0 Å². The zero-order chi connectivity index (χ0) is 19.1. The molecule has 4 atom stereocenters. The van der Waals surface area contributed by atoms with Crippen LogP contribution in [-0.4, -0.2) is 0 Å². The van der Waals surface area contributed by atoms with Crippen LogP contribution in [0.1, 0.15) is 56.9 Å². The summed E-state index contributed by atoms with van der Waals surface area (Å²) in [6.45, 7) is 2.31. The van der Waals surface area contributed by atoms with Crippen molar-refractivity contribution in [2.75, 3.05) is 0 Å². The van der Waals surface area contributed by atoms with Gasteiger partial charge in [-0.3, -0.25) is 0 Å². The van der Waals surface area contributed by atoms with E-state index in [1.54, 1.807) is 0 Å². The summed E-state index contributed by atoms with van der Waals surface area (Å²) in [7, 11) is 0. The Labute approximate surface area is 157 Å². The summed E-state index contributed by atoms with van der Waals surface area (Å²) in [5.41, 5.74) is 0.194. The van der Waals surface area contributed by atoms with Crippen molar-refractivity contribution in [2.24, 2.45) is 17.8 Å². The fraction of sp³-hybridized carbons (Fsp3) is 0.478. The number of halogens is 4. The first kappa shape index (κ1) is 18.5. The smallest absolute Gasteiger partial charge is 0.134 e. The molecule has 0 saturated heterocycles. The van der Waals surface area contributed by atoms with Gasteiger partial charge in [-0.15, -0.1) is 0 Å². The third-order valence-corrected chi connectivity index (χ3v) is 6.56. The van der Waals surface area contributed by atoms with E-state index in [2.05, 4.69) is 6.92 Å². The van der Waals surface area contributed by atoms with Crippen LogP contribution in [-0.2, 0) is 0 Å². The van der Waals surface area contributed by atoms with Crippen molar-refractivity contribution < 1.29 is 17.6 Å². The van der Waals surface area contributed by atoms with Gasteiger partial charge in [0.25, 0.3) is 0 Å². The van der Waals surface area contributed by atoms with Gasteiger partial charge in [-0.25, -0.2) is 17.6 Å². The Morgan fingerprint density at radius 1 is 0.704 bits per heavy atom. The predicted octanol–water partition coefficient (Wildman–Crippen LogP) is 7.23. The Morgan fingerprint density at radius 2 is 1.30 bits per heavy atom. The number of hydrogen-bond donors (Lipinski definition) is 0. The molecule has 0 radical (unpaired) electrons. The number of hydrogen-bond acceptors (Lipinski definition) is 0. The van der Waals surface area contributed by atoms with Crippen LogP contribution >= 0.6 is 0 Å². The predicted molar refractivity (Wildman–Crippen MR) is 98.3 cm³/mol. The molecular weight excluding hydrogens is 352 g/mol. The van der Waals surface area contributed by atoms with E-state index in [1.165, 1.54) is 31.4 Å². The van der Waals surface area contributed by atoms with Crippen LogP contribution < -0.4 is 0 Å². The molecule has 0 bridgehead atoms. The Morgan fingerprint density at radius 3 is 1.96 bits per heavy atom. The SMILES string of the molecule is CC1CC[C@@H]2C[C@H](c3cc(F)c(-c4cc(F)cc(F)c4)c(F)c3)CC[C@@H]2C1. The van der Waals surface area contributed by atoms with Crippen LogP contribution in [0.2, 0.25) is 0 Å². The second-order valence-corrected chi connectivity index (χ2v) is 8.47. The molecule has 4 heteroatoms. The summed E-state index contributed by atoms with van der Waals surface area (Å²) in [4.78, 5) is 0. The van der Waals surface area contributed by atoms with Gasteiger partial charge in [0.15, 0.2) is 0 Å². The Balaban J connectivity index is 1.60. The van der Waals surface area contributed by atoms with Gasteiger partial charge in [-0.1, -0.05) is 13.3 Å². The van der Waals surface area contributed by atoms with Gasteiger partial charge in [0.05, 0.1) is 5.56 Å². The van der Waals surface area contributed by atoms with Crippen molar-refractivity contribution in [1.82, 2.24) is 0 Å². The van der Waals surface area contributed by atoms with Gasteiger partial charge in [0.1, 0.15) is 23.3 Å². The number of rotatable bonds is 2. The molecular formula is C23H24F4. The second kappa shape index (κ2) is 7.29. The van der Waals surface area contributed by atoms with Crippen molar-refractivity contribution >= 4 is 0 Å². The normalized spacial score (nSPS) is 28.0. The van der Waals surface area contributed by atoms with E-state index in [0.717, 1.165) is 43.2 Å². The largest absolute Gasteiger partial charge is 0.207 e. The first-order valence-corrected chi connectivity index (χ1v) is 9.86. The minimum absolute atomic E-state index is 0.112. The van der Waals surface area contributed by atoms with Crippen LogP contribution in [0, 0.1) is 41.0 Å². The van der Waals surface area contributed by atoms with Crippen LogP contribution in [0.15, 0.2) is 30.3 Å². The molecule has 4 rings (SSSR count). The van der Waals surface area contributed by atoms with E-state index < -0.39 is 23.3 Å². The Kier molecular flexibility index (Phi) is 5.00. The topological polar surface area (TPSA) is 0 Å². The van der Waals surface area contributed by atoms with E-state index in [-0.39, 0.29) is 17.0 Å².